The molecular weight excluding hydrogens is 528 g/mol. The van der Waals surface area contributed by atoms with E-state index < -0.39 is 5.97 Å². The van der Waals surface area contributed by atoms with Crippen molar-refractivity contribution in [2.45, 2.75) is 20.8 Å². The number of hydrogen-bond acceptors (Lipinski definition) is 9. The van der Waals surface area contributed by atoms with Crippen LogP contribution in [0.1, 0.15) is 32.7 Å². The topological polar surface area (TPSA) is 209 Å². The molecule has 41 heavy (non-hydrogen) atoms. The minimum absolute atomic E-state index is 0.0854. The Labute approximate surface area is 237 Å². The third-order valence-corrected chi connectivity index (χ3v) is 5.78. The SMILES string of the molecule is Cc1ccc(-n2[nH]c(C)c(N/N=C3\C=CC=C(c4cccc(C(=O)O)c4)C3=O)c2=O)cc1C.NCCO.NCCO. The zero-order chi connectivity index (χ0) is 30.5. The number of nitrogens with two attached hydrogens (primary N) is 2. The van der Waals surface area contributed by atoms with Gasteiger partial charge >= 0.3 is 5.97 Å². The number of benzene rings is 2. The molecule has 2 aromatic carbocycles. The molecule has 1 heterocycles. The quantitative estimate of drug-likeness (QED) is 0.164. The number of nitrogens with zero attached hydrogens (tertiary/aromatic N) is 2. The number of carbonyl (C=O) groups is 2. The molecule has 1 aliphatic carbocycles. The molecule has 4 rings (SSSR count). The lowest BCUT2D eigenvalue weighted by Crippen LogP contribution is -2.20. The molecule has 1 aliphatic rings. The number of ketones is 1. The average molecular weight is 565 g/mol. The predicted molar refractivity (Wildman–Crippen MR) is 159 cm³/mol. The second kappa shape index (κ2) is 15.8. The van der Waals surface area contributed by atoms with E-state index in [-0.39, 0.29) is 41.5 Å². The molecule has 0 fully saturated rings. The number of aryl methyl sites for hydroxylation is 3. The largest absolute Gasteiger partial charge is 0.478 e. The third kappa shape index (κ3) is 8.68. The van der Waals surface area contributed by atoms with E-state index in [1.807, 2.05) is 32.0 Å². The summed E-state index contributed by atoms with van der Waals surface area (Å²) < 4.78 is 1.42. The van der Waals surface area contributed by atoms with E-state index in [0.29, 0.717) is 35.6 Å². The summed E-state index contributed by atoms with van der Waals surface area (Å²) in [5.41, 5.74) is 16.6. The number of hydrogen-bond donors (Lipinski definition) is 7. The first-order valence-corrected chi connectivity index (χ1v) is 12.7. The number of aromatic carboxylic acids is 1. The van der Waals surface area contributed by atoms with Gasteiger partial charge in [0.05, 0.1) is 30.2 Å². The van der Waals surface area contributed by atoms with Gasteiger partial charge in [0.25, 0.3) is 5.56 Å². The van der Waals surface area contributed by atoms with Crippen molar-refractivity contribution in [1.29, 1.82) is 0 Å². The normalized spacial score (nSPS) is 13.1. The van der Waals surface area contributed by atoms with E-state index >= 15 is 0 Å². The molecule has 3 aromatic rings. The fourth-order valence-corrected chi connectivity index (χ4v) is 3.50. The Bertz CT molecular complexity index is 1510. The lowest BCUT2D eigenvalue weighted by molar-refractivity contribution is -0.108. The molecule has 0 bridgehead atoms. The number of aliphatic hydroxyl groups is 2. The van der Waals surface area contributed by atoms with Gasteiger partial charge in [-0.15, -0.1) is 0 Å². The fourth-order valence-electron chi connectivity index (χ4n) is 3.50. The lowest BCUT2D eigenvalue weighted by Gasteiger charge is -2.11. The van der Waals surface area contributed by atoms with Crippen LogP contribution in [0, 0.1) is 20.8 Å². The molecule has 0 spiro atoms. The summed E-state index contributed by atoms with van der Waals surface area (Å²) in [4.78, 5) is 37.2. The maximum atomic E-state index is 13.0. The smallest absolute Gasteiger partial charge is 0.335 e. The van der Waals surface area contributed by atoms with Gasteiger partial charge in [0.1, 0.15) is 11.4 Å². The minimum Gasteiger partial charge on any atom is -0.478 e. The van der Waals surface area contributed by atoms with Crippen molar-refractivity contribution >= 4 is 28.7 Å². The minimum atomic E-state index is -1.07. The van der Waals surface area contributed by atoms with Crippen LogP contribution in [-0.4, -0.2) is 68.9 Å². The summed E-state index contributed by atoms with van der Waals surface area (Å²) >= 11 is 0. The van der Waals surface area contributed by atoms with Gasteiger partial charge in [-0.25, -0.2) is 9.48 Å². The van der Waals surface area contributed by atoms with Crippen LogP contribution in [-0.2, 0) is 4.79 Å². The summed E-state index contributed by atoms with van der Waals surface area (Å²) in [6.07, 6.45) is 4.79. The van der Waals surface area contributed by atoms with Crippen LogP contribution in [0.3, 0.4) is 0 Å². The van der Waals surface area contributed by atoms with Crippen molar-refractivity contribution < 1.29 is 24.9 Å². The fraction of sp³-hybridized carbons (Fsp3) is 0.241. The number of carbonyl (C=O) groups excluding carboxylic acids is 1. The number of carboxylic acid groups (broad SMARTS) is 1. The Kier molecular flexibility index (Phi) is 12.6. The highest BCUT2D eigenvalue weighted by Gasteiger charge is 2.21. The summed E-state index contributed by atoms with van der Waals surface area (Å²) in [5.74, 6) is -1.45. The van der Waals surface area contributed by atoms with Crippen molar-refractivity contribution in [3.8, 4) is 5.69 Å². The number of Topliss-reactive ketones (excluding diaryl/α,β-unsaturated/α-hetero) is 1. The van der Waals surface area contributed by atoms with Crippen LogP contribution in [0.25, 0.3) is 11.3 Å². The second-order valence-electron chi connectivity index (χ2n) is 8.81. The molecule has 0 aliphatic heterocycles. The van der Waals surface area contributed by atoms with Gasteiger partial charge in [-0.05, 0) is 67.8 Å². The van der Waals surface area contributed by atoms with Crippen molar-refractivity contribution in [2.24, 2.45) is 16.6 Å². The molecule has 12 heteroatoms. The zero-order valence-electron chi connectivity index (χ0n) is 23.2. The van der Waals surface area contributed by atoms with Crippen molar-refractivity contribution in [3.05, 3.63) is 99.0 Å². The Morgan fingerprint density at radius 2 is 1.66 bits per heavy atom. The molecule has 0 saturated heterocycles. The van der Waals surface area contributed by atoms with E-state index in [9.17, 15) is 19.5 Å². The van der Waals surface area contributed by atoms with Gasteiger partial charge in [-0.3, -0.25) is 20.1 Å². The first kappa shape index (κ1) is 32.6. The molecule has 0 amide bonds. The molecule has 0 atom stereocenters. The molecule has 12 nitrogen and oxygen atoms in total. The predicted octanol–water partition coefficient (Wildman–Crippen LogP) is 1.65. The van der Waals surface area contributed by atoms with E-state index in [4.69, 9.17) is 21.7 Å². The van der Waals surface area contributed by atoms with Crippen LogP contribution < -0.4 is 22.5 Å². The van der Waals surface area contributed by atoms with E-state index in [0.717, 1.165) is 11.1 Å². The van der Waals surface area contributed by atoms with E-state index in [1.54, 1.807) is 31.2 Å². The molecule has 218 valence electrons. The van der Waals surface area contributed by atoms with Gasteiger partial charge in [0, 0.05) is 18.7 Å². The highest BCUT2D eigenvalue weighted by Crippen LogP contribution is 2.21. The van der Waals surface area contributed by atoms with Gasteiger partial charge in [-0.2, -0.15) is 5.10 Å². The standard InChI is InChI=1S/C25H22N4O4.2C2H7NO/c1-14-10-11-19(12-15(14)2)29-24(31)22(16(3)28-29)27-26-21-9-5-8-20(23(21)30)17-6-4-7-18(13-17)25(32)33;2*3-1-2-4/h4-13,27-28H,1-3H3,(H,32,33);2*4H,1-3H2/b26-21+;;. The molecule has 0 saturated carbocycles. The van der Waals surface area contributed by atoms with Gasteiger partial charge in [0.2, 0.25) is 5.78 Å². The molecule has 0 radical (unpaired) electrons. The average Bonchev–Trinajstić information content (AvgIpc) is 3.26. The molecule has 0 unspecified atom stereocenters. The maximum absolute atomic E-state index is 13.0. The van der Waals surface area contributed by atoms with Crippen molar-refractivity contribution in [1.82, 2.24) is 9.78 Å². The number of anilines is 1. The number of carboxylic acids is 1. The highest BCUT2D eigenvalue weighted by molar-refractivity contribution is 6.59. The Morgan fingerprint density at radius 1 is 1.00 bits per heavy atom. The number of aliphatic hydroxyl groups excluding tert-OH is 2. The number of rotatable bonds is 7. The van der Waals surface area contributed by atoms with Gasteiger partial charge < -0.3 is 26.8 Å². The maximum Gasteiger partial charge on any atom is 0.335 e. The Morgan fingerprint density at radius 3 is 2.24 bits per heavy atom. The summed E-state index contributed by atoms with van der Waals surface area (Å²) in [6, 6.07) is 11.9. The van der Waals surface area contributed by atoms with E-state index in [2.05, 4.69) is 15.6 Å². The number of nitrogens with one attached hydrogen (secondary N) is 2. The highest BCUT2D eigenvalue weighted by atomic mass is 16.4. The van der Waals surface area contributed by atoms with Crippen LogP contribution in [0.2, 0.25) is 0 Å². The summed E-state index contributed by atoms with van der Waals surface area (Å²) in [7, 11) is 0. The first-order chi connectivity index (χ1) is 19.6. The van der Waals surface area contributed by atoms with Crippen LogP contribution in [0.4, 0.5) is 5.69 Å². The number of aromatic amines is 1. The van der Waals surface area contributed by atoms with Crippen LogP contribution in [0.15, 0.2) is 70.6 Å². The number of aromatic nitrogens is 2. The zero-order valence-corrected chi connectivity index (χ0v) is 23.2. The summed E-state index contributed by atoms with van der Waals surface area (Å²) in [5, 5.41) is 31.9. The first-order valence-electron chi connectivity index (χ1n) is 12.7. The van der Waals surface area contributed by atoms with Crippen molar-refractivity contribution in [2.75, 3.05) is 31.7 Å². The van der Waals surface area contributed by atoms with E-state index in [1.165, 1.54) is 22.9 Å². The number of hydrazone groups is 1. The molecule has 9 N–H and O–H groups in total. The Balaban J connectivity index is 0.000000653. The van der Waals surface area contributed by atoms with Crippen LogP contribution >= 0.6 is 0 Å². The summed E-state index contributed by atoms with van der Waals surface area (Å²) in [6.45, 7) is 6.66. The number of H-pyrrole nitrogens is 1. The lowest BCUT2D eigenvalue weighted by atomic mass is 9.94. The second-order valence-corrected chi connectivity index (χ2v) is 8.81. The van der Waals surface area contributed by atoms with Gasteiger partial charge in [-0.1, -0.05) is 30.4 Å². The van der Waals surface area contributed by atoms with Crippen LogP contribution in [0.5, 0.6) is 0 Å². The molecule has 1 aromatic heterocycles. The third-order valence-electron chi connectivity index (χ3n) is 5.78. The van der Waals surface area contributed by atoms with Crippen molar-refractivity contribution in [3.63, 3.8) is 0 Å². The Hall–Kier alpha value is -4.62. The number of allylic oxidation sites excluding steroid dienone is 4. The molecular formula is C29H36N6O6. The van der Waals surface area contributed by atoms with Gasteiger partial charge in [0.15, 0.2) is 0 Å². The monoisotopic (exact) mass is 564 g/mol.